The van der Waals surface area contributed by atoms with E-state index < -0.39 is 45.3 Å². The Kier molecular flexibility index (Phi) is 38.2. The molecule has 6 aromatic carbocycles. The third-order valence-electron chi connectivity index (χ3n) is 11.4. The summed E-state index contributed by atoms with van der Waals surface area (Å²) in [4.78, 5) is 72.8. The number of rotatable bonds is 15. The Bertz CT molecular complexity index is 3170. The number of aromatic amines is 6. The van der Waals surface area contributed by atoms with Crippen molar-refractivity contribution in [3.05, 3.63) is 181 Å². The molecule has 38 heteroatoms. The van der Waals surface area contributed by atoms with Gasteiger partial charge in [-0.05, 0) is 85.6 Å². The summed E-state index contributed by atoms with van der Waals surface area (Å²) in [5.41, 5.74) is 12.1. The number of H-pyrrole nitrogens is 6. The van der Waals surface area contributed by atoms with Gasteiger partial charge in [-0.1, -0.05) is 72.8 Å². The molecule has 0 amide bonds. The van der Waals surface area contributed by atoms with Crippen LogP contribution in [0.5, 0.6) is 0 Å². The predicted octanol–water partition coefficient (Wildman–Crippen LogP) is -9.81. The SMILES string of the molecule is O.O.O.O.O.O.O.O.O=C([O-])CCC(=O)[O-].[Cu+2].[Cu+2].[O-][Cl+3]([O-])([O-])[O-].[O-][Cl+3]([O-])([O-])[O-].c1ccc2[nH]c(CN(Cc3nc4ccccc4[nH]3)Cc3nc4ccccc4[nH]3)nc2c1.c1ccc2[nH]c(CN(Cc3nc4ccccc4[nH]3)Cc3nc4ccccc4[nH]3)nc2c1. The second-order valence-electron chi connectivity index (χ2n) is 17.5. The average molecular weight is 1400 g/mol. The third-order valence-corrected chi connectivity index (χ3v) is 11.4. The van der Waals surface area contributed by atoms with Crippen LogP contribution in [0.3, 0.4) is 0 Å². The van der Waals surface area contributed by atoms with Gasteiger partial charge >= 0.3 is 34.1 Å². The number of carbonyl (C=O) groups excluding carboxylic acids is 2. The van der Waals surface area contributed by atoms with Crippen LogP contribution in [0, 0.1) is 20.5 Å². The Morgan fingerprint density at radius 3 is 0.556 bits per heavy atom. The number of carboxylic acids is 2. The summed E-state index contributed by atoms with van der Waals surface area (Å²) in [5.74, 6) is 2.81. The molecule has 6 heterocycles. The topological polar surface area (TPSA) is 695 Å². The van der Waals surface area contributed by atoms with E-state index in [-0.39, 0.29) is 77.9 Å². The van der Waals surface area contributed by atoms with Crippen molar-refractivity contribution in [3.63, 3.8) is 0 Å². The molecule has 0 unspecified atom stereocenters. The maximum absolute atomic E-state index is 9.50. The van der Waals surface area contributed by atoms with Gasteiger partial charge in [0.1, 0.15) is 34.9 Å². The zero-order valence-corrected chi connectivity index (χ0v) is 49.7. The minimum atomic E-state index is -4.94. The summed E-state index contributed by atoms with van der Waals surface area (Å²) in [6.45, 7) is 3.93. The fraction of sp³-hybridized carbons (Fsp3) is 0.154. The fourth-order valence-electron chi connectivity index (χ4n) is 8.29. The molecule has 0 atom stereocenters. The maximum atomic E-state index is 9.50. The van der Waals surface area contributed by atoms with Crippen molar-refractivity contribution < 1.29 is 156 Å². The van der Waals surface area contributed by atoms with Gasteiger partial charge in [0.15, 0.2) is 0 Å². The van der Waals surface area contributed by atoms with Crippen molar-refractivity contribution in [2.24, 2.45) is 0 Å². The number of carbonyl (C=O) groups is 2. The summed E-state index contributed by atoms with van der Waals surface area (Å²) in [7, 11) is -9.89. The molecule has 90 heavy (non-hydrogen) atoms. The van der Waals surface area contributed by atoms with Gasteiger partial charge in [-0.25, -0.2) is 67.2 Å². The fourth-order valence-corrected chi connectivity index (χ4v) is 8.29. The first-order valence-electron chi connectivity index (χ1n) is 23.9. The van der Waals surface area contributed by atoms with Crippen LogP contribution in [0.15, 0.2) is 146 Å². The number of benzene rings is 6. The molecule has 2 radical (unpaired) electrons. The molecule has 0 saturated heterocycles. The molecule has 12 aromatic rings. The number of nitrogens with one attached hydrogen (secondary N) is 6. The molecular formula is C52H62Cl2Cu2N14O20. The number of imidazole rings is 6. The van der Waals surface area contributed by atoms with Crippen molar-refractivity contribution in [1.29, 1.82) is 0 Å². The molecule has 0 bridgehead atoms. The zero-order valence-electron chi connectivity index (χ0n) is 46.3. The molecule has 0 aliphatic rings. The molecule has 0 aliphatic heterocycles. The molecule has 0 aliphatic carbocycles. The largest absolute Gasteiger partial charge is 2.00 e. The van der Waals surface area contributed by atoms with Crippen LogP contribution < -0.4 is 47.5 Å². The van der Waals surface area contributed by atoms with Crippen molar-refractivity contribution in [2.75, 3.05) is 0 Å². The van der Waals surface area contributed by atoms with E-state index in [4.69, 9.17) is 67.2 Å². The molecule has 34 nitrogen and oxygen atoms in total. The van der Waals surface area contributed by atoms with Crippen LogP contribution in [0.1, 0.15) is 47.8 Å². The first-order chi connectivity index (χ1) is 38.2. The van der Waals surface area contributed by atoms with Crippen LogP contribution in [-0.4, -0.2) is 125 Å². The quantitative estimate of drug-likeness (QED) is 0.0519. The van der Waals surface area contributed by atoms with E-state index >= 15 is 0 Å². The first-order valence-corrected chi connectivity index (χ1v) is 26.4. The number of hydrogen-bond donors (Lipinski definition) is 6. The standard InChI is InChI=1S/2C24H21N7.C4H6O4.2ClHO4.2Cu.8H2O/c2*1-2-8-17-16(7-1)25-22(26-17)13-31(14-23-27-18-9-3-4-10-19(18)28-23)15-24-29-20-11-5-6-12-21(20)30-24;5-3(6)1-2-4(7)8;2*2-1(3,4)5;;;;;;;;;;/h2*1-12H,13-15H2,(H,25,26)(H,27,28)(H,29,30);1-2H2,(H,5,6)(H,7,8);2*(H,2,3,4,5);;;8*1H2/q;;;;;2*+2;;;;;;;;/p-4. The van der Waals surface area contributed by atoms with E-state index in [9.17, 15) is 19.8 Å². The molecule has 0 fully saturated rings. The Labute approximate surface area is 533 Å². The summed E-state index contributed by atoms with van der Waals surface area (Å²) >= 11 is 0. The van der Waals surface area contributed by atoms with Gasteiger partial charge in [0.2, 0.25) is 0 Å². The Balaban J connectivity index is -0.00000122. The summed E-state index contributed by atoms with van der Waals surface area (Å²) in [5, 5.41) is 19.0. The van der Waals surface area contributed by atoms with Gasteiger partial charge in [-0.15, -0.1) is 20.5 Å². The summed E-state index contributed by atoms with van der Waals surface area (Å²) in [6.07, 6.45) is -0.940. The number of fused-ring (bicyclic) bond motifs is 6. The van der Waals surface area contributed by atoms with E-state index in [1.54, 1.807) is 0 Å². The zero-order chi connectivity index (χ0) is 56.8. The first kappa shape index (κ1) is 86.2. The Morgan fingerprint density at radius 2 is 0.433 bits per heavy atom. The number of nitrogens with zero attached hydrogens (tertiary/aromatic N) is 8. The van der Waals surface area contributed by atoms with E-state index in [0.29, 0.717) is 39.3 Å². The predicted molar refractivity (Wildman–Crippen MR) is 291 cm³/mol. The van der Waals surface area contributed by atoms with Crippen LogP contribution in [0.4, 0.5) is 0 Å². The number of halogens is 2. The molecule has 6 aromatic heterocycles. The van der Waals surface area contributed by atoms with Crippen LogP contribution >= 0.6 is 0 Å². The Morgan fingerprint density at radius 1 is 0.300 bits per heavy atom. The number of aliphatic carboxylic acids is 2. The maximum Gasteiger partial charge on any atom is 2.00 e. The van der Waals surface area contributed by atoms with Crippen LogP contribution in [0.2, 0.25) is 0 Å². The van der Waals surface area contributed by atoms with E-state index in [0.717, 1.165) is 101 Å². The van der Waals surface area contributed by atoms with E-state index in [1.807, 2.05) is 109 Å². The average Bonchev–Trinajstić information content (AvgIpc) is 2.00. The molecular weight excluding hydrogens is 1340 g/mol. The van der Waals surface area contributed by atoms with Crippen molar-refractivity contribution in [1.82, 2.24) is 69.6 Å². The Hall–Kier alpha value is -8.02. The van der Waals surface area contributed by atoms with Gasteiger partial charge in [0.25, 0.3) is 0 Å². The minimum absolute atomic E-state index is 0. The number of hydrogen-bond acceptors (Lipinski definition) is 20. The molecule has 22 N–H and O–H groups in total. The van der Waals surface area contributed by atoms with Gasteiger partial charge in [-0.3, -0.25) is 9.80 Å². The third kappa shape index (κ3) is 27.4. The van der Waals surface area contributed by atoms with Crippen molar-refractivity contribution >= 4 is 78.1 Å². The molecule has 0 spiro atoms. The summed E-state index contributed by atoms with van der Waals surface area (Å²) < 4.78 is 67.9. The number of carboxylic acid groups (broad SMARTS) is 2. The molecule has 0 saturated carbocycles. The van der Waals surface area contributed by atoms with Crippen molar-refractivity contribution in [3.8, 4) is 0 Å². The van der Waals surface area contributed by atoms with Crippen LogP contribution in [-0.2, 0) is 83.0 Å². The van der Waals surface area contributed by atoms with Gasteiger partial charge in [-0.2, -0.15) is 0 Å². The minimum Gasteiger partial charge on any atom is -0.550 e. The van der Waals surface area contributed by atoms with Crippen molar-refractivity contribution in [2.45, 2.75) is 52.1 Å². The van der Waals surface area contributed by atoms with Gasteiger partial charge in [0, 0.05) is 11.9 Å². The smallest absolute Gasteiger partial charge is 0.550 e. The number of para-hydroxylation sites is 12. The monoisotopic (exact) mass is 1400 g/mol. The van der Waals surface area contributed by atoms with E-state index in [2.05, 4.69) is 76.1 Å². The van der Waals surface area contributed by atoms with Crippen LogP contribution in [0.25, 0.3) is 66.2 Å². The second kappa shape index (κ2) is 39.9. The molecule has 496 valence electrons. The van der Waals surface area contributed by atoms with Gasteiger partial charge in [0.05, 0.1) is 105 Å². The normalized spacial score (nSPS) is 10.3. The van der Waals surface area contributed by atoms with E-state index in [1.165, 1.54) is 0 Å². The molecule has 12 rings (SSSR count). The second-order valence-corrected chi connectivity index (χ2v) is 19.0. The van der Waals surface area contributed by atoms with Gasteiger partial charge < -0.3 is 93.5 Å². The number of aromatic nitrogens is 12. The summed E-state index contributed by atoms with van der Waals surface area (Å²) in [6, 6.07) is 48.6.